The SMILES string of the molecule is BrCC1CCCN1CC1Cc2ccccc2O1. The van der Waals surface area contributed by atoms with Gasteiger partial charge in [0, 0.05) is 24.3 Å². The fourth-order valence-corrected chi connectivity index (χ4v) is 3.66. The summed E-state index contributed by atoms with van der Waals surface area (Å²) in [6, 6.07) is 9.13. The summed E-state index contributed by atoms with van der Waals surface area (Å²) in [5.74, 6) is 1.09. The van der Waals surface area contributed by atoms with E-state index < -0.39 is 0 Å². The van der Waals surface area contributed by atoms with E-state index in [1.165, 1.54) is 24.9 Å². The molecule has 2 aliphatic rings. The van der Waals surface area contributed by atoms with Gasteiger partial charge in [-0.25, -0.2) is 0 Å². The lowest BCUT2D eigenvalue weighted by Gasteiger charge is -2.25. The van der Waals surface area contributed by atoms with Crippen molar-refractivity contribution in [2.45, 2.75) is 31.4 Å². The Morgan fingerprint density at radius 3 is 3.06 bits per heavy atom. The molecule has 2 heterocycles. The van der Waals surface area contributed by atoms with Crippen molar-refractivity contribution in [2.24, 2.45) is 0 Å². The summed E-state index contributed by atoms with van der Waals surface area (Å²) >= 11 is 3.61. The highest BCUT2D eigenvalue weighted by Gasteiger charge is 2.29. The highest BCUT2D eigenvalue weighted by molar-refractivity contribution is 9.09. The maximum atomic E-state index is 6.00. The van der Waals surface area contributed by atoms with Crippen LogP contribution < -0.4 is 4.74 Å². The molecule has 0 aromatic heterocycles. The molecular weight excluding hydrogens is 278 g/mol. The van der Waals surface area contributed by atoms with Crippen LogP contribution in [0.25, 0.3) is 0 Å². The number of para-hydroxylation sites is 1. The predicted molar refractivity (Wildman–Crippen MR) is 73.0 cm³/mol. The second kappa shape index (κ2) is 4.99. The zero-order valence-corrected chi connectivity index (χ0v) is 11.5. The first-order chi connectivity index (χ1) is 8.36. The van der Waals surface area contributed by atoms with Gasteiger partial charge >= 0.3 is 0 Å². The van der Waals surface area contributed by atoms with Gasteiger partial charge in [-0.15, -0.1) is 0 Å². The molecule has 3 rings (SSSR count). The summed E-state index contributed by atoms with van der Waals surface area (Å²) in [4.78, 5) is 2.57. The average Bonchev–Trinajstić information content (AvgIpc) is 2.94. The second-order valence-electron chi connectivity index (χ2n) is 5.00. The number of hydrogen-bond acceptors (Lipinski definition) is 2. The molecule has 2 nitrogen and oxygen atoms in total. The summed E-state index contributed by atoms with van der Waals surface area (Å²) in [5, 5.41) is 1.09. The third kappa shape index (κ3) is 2.36. The molecule has 0 saturated carbocycles. The van der Waals surface area contributed by atoms with Crippen LogP contribution in [-0.2, 0) is 6.42 Å². The summed E-state index contributed by atoms with van der Waals surface area (Å²) in [6.45, 7) is 2.30. The first-order valence-electron chi connectivity index (χ1n) is 6.41. The van der Waals surface area contributed by atoms with Crippen LogP contribution in [0.3, 0.4) is 0 Å². The molecule has 3 heteroatoms. The number of alkyl halides is 1. The van der Waals surface area contributed by atoms with Gasteiger partial charge in [-0.2, -0.15) is 0 Å². The van der Waals surface area contributed by atoms with Gasteiger partial charge < -0.3 is 4.74 Å². The number of nitrogens with zero attached hydrogens (tertiary/aromatic N) is 1. The fourth-order valence-electron chi connectivity index (χ4n) is 2.93. The topological polar surface area (TPSA) is 12.5 Å². The van der Waals surface area contributed by atoms with Crippen LogP contribution in [0.2, 0.25) is 0 Å². The smallest absolute Gasteiger partial charge is 0.123 e. The molecule has 2 atom stereocenters. The Kier molecular flexibility index (Phi) is 3.39. The van der Waals surface area contributed by atoms with Gasteiger partial charge in [0.25, 0.3) is 0 Å². The summed E-state index contributed by atoms with van der Waals surface area (Å²) in [7, 11) is 0. The lowest BCUT2D eigenvalue weighted by Crippen LogP contribution is -2.38. The summed E-state index contributed by atoms with van der Waals surface area (Å²) in [6.07, 6.45) is 4.08. The molecule has 0 radical (unpaired) electrons. The van der Waals surface area contributed by atoms with Gasteiger partial charge in [0.15, 0.2) is 0 Å². The second-order valence-corrected chi connectivity index (χ2v) is 5.64. The number of fused-ring (bicyclic) bond motifs is 1. The minimum absolute atomic E-state index is 0.354. The van der Waals surface area contributed by atoms with Crippen molar-refractivity contribution >= 4 is 15.9 Å². The molecule has 17 heavy (non-hydrogen) atoms. The molecule has 0 N–H and O–H groups in total. The van der Waals surface area contributed by atoms with Crippen LogP contribution in [0, 0.1) is 0 Å². The van der Waals surface area contributed by atoms with Gasteiger partial charge in [-0.1, -0.05) is 34.1 Å². The monoisotopic (exact) mass is 295 g/mol. The molecule has 2 aliphatic heterocycles. The number of rotatable bonds is 3. The van der Waals surface area contributed by atoms with Crippen molar-refractivity contribution in [3.05, 3.63) is 29.8 Å². The Bertz CT molecular complexity index is 371. The third-order valence-electron chi connectivity index (χ3n) is 3.83. The molecule has 2 unspecified atom stereocenters. The number of halogens is 1. The van der Waals surface area contributed by atoms with E-state index >= 15 is 0 Å². The van der Waals surface area contributed by atoms with Crippen molar-refractivity contribution < 1.29 is 4.74 Å². The fraction of sp³-hybridized carbons (Fsp3) is 0.571. The third-order valence-corrected chi connectivity index (χ3v) is 4.58. The first-order valence-corrected chi connectivity index (χ1v) is 7.53. The van der Waals surface area contributed by atoms with Crippen molar-refractivity contribution in [3.63, 3.8) is 0 Å². The minimum atomic E-state index is 0.354. The van der Waals surface area contributed by atoms with E-state index in [0.29, 0.717) is 12.1 Å². The van der Waals surface area contributed by atoms with E-state index in [0.717, 1.165) is 24.0 Å². The lowest BCUT2D eigenvalue weighted by atomic mass is 10.1. The van der Waals surface area contributed by atoms with E-state index in [-0.39, 0.29) is 0 Å². The Labute approximate surface area is 111 Å². The van der Waals surface area contributed by atoms with Crippen molar-refractivity contribution in [1.82, 2.24) is 4.90 Å². The van der Waals surface area contributed by atoms with Crippen LogP contribution in [-0.4, -0.2) is 35.5 Å². The van der Waals surface area contributed by atoms with Gasteiger partial charge in [0.05, 0.1) is 0 Å². The van der Waals surface area contributed by atoms with Crippen molar-refractivity contribution in [2.75, 3.05) is 18.4 Å². The molecule has 1 aromatic rings. The normalized spacial score (nSPS) is 28.1. The predicted octanol–water partition coefficient (Wildman–Crippen LogP) is 2.85. The van der Waals surface area contributed by atoms with E-state index in [4.69, 9.17) is 4.74 Å². The standard InChI is InChI=1S/C14H18BrNO/c15-9-12-5-3-7-16(12)10-13-8-11-4-1-2-6-14(11)17-13/h1-2,4,6,12-13H,3,5,7-10H2. The van der Waals surface area contributed by atoms with Crippen LogP contribution in [0.5, 0.6) is 5.75 Å². The highest BCUT2D eigenvalue weighted by Crippen LogP contribution is 2.29. The van der Waals surface area contributed by atoms with Gasteiger partial charge in [0.1, 0.15) is 11.9 Å². The van der Waals surface area contributed by atoms with Gasteiger partial charge in [-0.05, 0) is 31.0 Å². The van der Waals surface area contributed by atoms with Crippen molar-refractivity contribution in [1.29, 1.82) is 0 Å². The number of likely N-dealkylation sites (tertiary alicyclic amines) is 1. The molecule has 1 saturated heterocycles. The Morgan fingerprint density at radius 1 is 1.35 bits per heavy atom. The Hall–Kier alpha value is -0.540. The molecule has 0 spiro atoms. The van der Waals surface area contributed by atoms with Crippen molar-refractivity contribution in [3.8, 4) is 5.75 Å². The zero-order chi connectivity index (χ0) is 11.7. The van der Waals surface area contributed by atoms with Crippen LogP contribution in [0.1, 0.15) is 18.4 Å². The zero-order valence-electron chi connectivity index (χ0n) is 9.94. The van der Waals surface area contributed by atoms with Crippen LogP contribution in [0.4, 0.5) is 0 Å². The molecule has 1 aromatic carbocycles. The van der Waals surface area contributed by atoms with Crippen LogP contribution in [0.15, 0.2) is 24.3 Å². The highest BCUT2D eigenvalue weighted by atomic mass is 79.9. The van der Waals surface area contributed by atoms with E-state index in [1.807, 2.05) is 0 Å². The molecule has 0 aliphatic carbocycles. The number of benzene rings is 1. The number of ether oxygens (including phenoxy) is 1. The van der Waals surface area contributed by atoms with Crippen LogP contribution >= 0.6 is 15.9 Å². The largest absolute Gasteiger partial charge is 0.488 e. The quantitative estimate of drug-likeness (QED) is 0.795. The molecule has 1 fully saturated rings. The molecular formula is C14H18BrNO. The summed E-state index contributed by atoms with van der Waals surface area (Å²) < 4.78 is 6.00. The lowest BCUT2D eigenvalue weighted by molar-refractivity contribution is 0.148. The van der Waals surface area contributed by atoms with E-state index in [9.17, 15) is 0 Å². The van der Waals surface area contributed by atoms with E-state index in [1.54, 1.807) is 0 Å². The Morgan fingerprint density at radius 2 is 2.24 bits per heavy atom. The Balaban J connectivity index is 1.62. The average molecular weight is 296 g/mol. The maximum absolute atomic E-state index is 6.00. The molecule has 0 bridgehead atoms. The number of hydrogen-bond donors (Lipinski definition) is 0. The van der Waals surface area contributed by atoms with E-state index in [2.05, 4.69) is 45.1 Å². The van der Waals surface area contributed by atoms with Gasteiger partial charge in [-0.3, -0.25) is 4.90 Å². The maximum Gasteiger partial charge on any atom is 0.123 e. The minimum Gasteiger partial charge on any atom is -0.488 e. The first kappa shape index (κ1) is 11.5. The van der Waals surface area contributed by atoms with Gasteiger partial charge in [0.2, 0.25) is 0 Å². The molecule has 92 valence electrons. The molecule has 0 amide bonds. The summed E-state index contributed by atoms with van der Waals surface area (Å²) in [5.41, 5.74) is 1.37.